The van der Waals surface area contributed by atoms with E-state index in [0.29, 0.717) is 6.54 Å². The van der Waals surface area contributed by atoms with E-state index in [1.807, 2.05) is 0 Å². The van der Waals surface area contributed by atoms with Gasteiger partial charge in [-0.1, -0.05) is 19.8 Å². The average molecular weight is 287 g/mol. The Kier molecular flexibility index (Phi) is 4.32. The molecule has 0 spiro atoms. The minimum Gasteiger partial charge on any atom is -0.446 e. The zero-order chi connectivity index (χ0) is 13.9. The van der Waals surface area contributed by atoms with Crippen LogP contribution < -0.4 is 4.72 Å². The van der Waals surface area contributed by atoms with Gasteiger partial charge in [0.05, 0.1) is 0 Å². The van der Waals surface area contributed by atoms with Crippen LogP contribution in [0.3, 0.4) is 0 Å². The Balaban J connectivity index is 2.05. The molecule has 108 valence electrons. The monoisotopic (exact) mass is 287 g/mol. The fourth-order valence-corrected chi connectivity index (χ4v) is 3.79. The highest BCUT2D eigenvalue weighted by Crippen LogP contribution is 2.40. The molecule has 0 atom stereocenters. The molecule has 0 bridgehead atoms. The Morgan fingerprint density at radius 2 is 2.05 bits per heavy atom. The summed E-state index contributed by atoms with van der Waals surface area (Å²) < 4.78 is 31.9. The van der Waals surface area contributed by atoms with E-state index in [1.165, 1.54) is 25.0 Å². The fraction of sp³-hybridized carbons (Fsp3) is 0.692. The predicted molar refractivity (Wildman–Crippen MR) is 71.0 cm³/mol. The highest BCUT2D eigenvalue weighted by molar-refractivity contribution is 7.89. The molecule has 5 nitrogen and oxygen atoms in total. The van der Waals surface area contributed by atoms with Gasteiger partial charge in [0.15, 0.2) is 0 Å². The van der Waals surface area contributed by atoms with Gasteiger partial charge in [-0.3, -0.25) is 0 Å². The quantitative estimate of drug-likeness (QED) is 0.839. The van der Waals surface area contributed by atoms with Crippen molar-refractivity contribution in [3.05, 3.63) is 17.9 Å². The van der Waals surface area contributed by atoms with Crippen LogP contribution in [0, 0.1) is 5.41 Å². The predicted octanol–water partition coefficient (Wildman–Crippen LogP) is 2.02. The van der Waals surface area contributed by atoms with Gasteiger partial charge < -0.3 is 9.52 Å². The molecular weight excluding hydrogens is 266 g/mol. The van der Waals surface area contributed by atoms with Crippen LogP contribution in [0.2, 0.25) is 0 Å². The summed E-state index contributed by atoms with van der Waals surface area (Å²) in [5.74, 6) is 0.256. The molecule has 0 saturated heterocycles. The van der Waals surface area contributed by atoms with E-state index >= 15 is 0 Å². The molecule has 1 aromatic rings. The van der Waals surface area contributed by atoms with Crippen molar-refractivity contribution < 1.29 is 17.9 Å². The number of rotatable bonds is 6. The van der Waals surface area contributed by atoms with Crippen LogP contribution in [0.5, 0.6) is 0 Å². The van der Waals surface area contributed by atoms with Gasteiger partial charge in [-0.15, -0.1) is 0 Å². The minimum atomic E-state index is -3.61. The van der Waals surface area contributed by atoms with Crippen molar-refractivity contribution in [2.75, 3.05) is 6.54 Å². The van der Waals surface area contributed by atoms with Gasteiger partial charge in [0.2, 0.25) is 5.09 Å². The number of aliphatic hydroxyl groups is 1. The third-order valence-corrected chi connectivity index (χ3v) is 5.38. The summed E-state index contributed by atoms with van der Waals surface area (Å²) in [4.78, 5) is 0. The molecular formula is C13H21NO4S. The standard InChI is InChI=1S/C13H21NO4S/c1-2-13(7-3-4-8-13)10-14-19(16,17)12-6-5-11(9-15)18-12/h5-6,14-15H,2-4,7-10H2,1H3. The zero-order valence-electron chi connectivity index (χ0n) is 11.2. The largest absolute Gasteiger partial charge is 0.446 e. The molecule has 1 aromatic heterocycles. The number of nitrogens with one attached hydrogen (secondary N) is 1. The number of sulfonamides is 1. The van der Waals surface area contributed by atoms with Crippen LogP contribution in [0.25, 0.3) is 0 Å². The van der Waals surface area contributed by atoms with Crippen LogP contribution in [0.15, 0.2) is 21.6 Å². The van der Waals surface area contributed by atoms with Crippen molar-refractivity contribution in [3.63, 3.8) is 0 Å². The fourth-order valence-electron chi connectivity index (χ4n) is 2.69. The van der Waals surface area contributed by atoms with E-state index in [-0.39, 0.29) is 22.9 Å². The lowest BCUT2D eigenvalue weighted by Gasteiger charge is -2.27. The minimum absolute atomic E-state index is 0.0967. The first-order valence-corrected chi connectivity index (χ1v) is 8.19. The molecule has 2 N–H and O–H groups in total. The van der Waals surface area contributed by atoms with Crippen LogP contribution in [0.4, 0.5) is 0 Å². The summed E-state index contributed by atoms with van der Waals surface area (Å²) in [5, 5.41) is 8.77. The second-order valence-electron chi connectivity index (χ2n) is 5.26. The summed E-state index contributed by atoms with van der Waals surface area (Å²) in [7, 11) is -3.61. The molecule has 1 aliphatic rings. The van der Waals surface area contributed by atoms with Gasteiger partial charge in [-0.05, 0) is 36.8 Å². The molecule has 1 saturated carbocycles. The van der Waals surface area contributed by atoms with Crippen molar-refractivity contribution in [2.45, 2.75) is 50.7 Å². The first kappa shape index (κ1) is 14.6. The van der Waals surface area contributed by atoms with E-state index in [1.54, 1.807) is 0 Å². The molecule has 0 unspecified atom stereocenters. The Morgan fingerprint density at radius 1 is 1.37 bits per heavy atom. The Morgan fingerprint density at radius 3 is 2.58 bits per heavy atom. The second-order valence-corrected chi connectivity index (χ2v) is 6.96. The van der Waals surface area contributed by atoms with Gasteiger partial charge in [0.25, 0.3) is 10.0 Å². The lowest BCUT2D eigenvalue weighted by Crippen LogP contribution is -2.35. The van der Waals surface area contributed by atoms with E-state index in [0.717, 1.165) is 19.3 Å². The topological polar surface area (TPSA) is 79.5 Å². The second kappa shape index (κ2) is 5.64. The summed E-state index contributed by atoms with van der Waals surface area (Å²) in [5.41, 5.74) is 0.0967. The summed E-state index contributed by atoms with van der Waals surface area (Å²) in [6.07, 6.45) is 5.48. The first-order valence-electron chi connectivity index (χ1n) is 6.71. The molecule has 0 amide bonds. The zero-order valence-corrected chi connectivity index (χ0v) is 12.0. The molecule has 6 heteroatoms. The number of furan rings is 1. The van der Waals surface area contributed by atoms with Crippen molar-refractivity contribution >= 4 is 10.0 Å². The molecule has 1 fully saturated rings. The molecule has 0 aliphatic heterocycles. The molecule has 19 heavy (non-hydrogen) atoms. The normalized spacial score (nSPS) is 18.8. The lowest BCUT2D eigenvalue weighted by molar-refractivity contribution is 0.235. The number of aliphatic hydroxyl groups excluding tert-OH is 1. The van der Waals surface area contributed by atoms with Crippen molar-refractivity contribution in [1.82, 2.24) is 4.72 Å². The van der Waals surface area contributed by atoms with Crippen LogP contribution in [-0.4, -0.2) is 20.1 Å². The molecule has 1 heterocycles. The third-order valence-electron chi connectivity index (χ3n) is 4.11. The maximum Gasteiger partial charge on any atom is 0.273 e. The molecule has 0 aromatic carbocycles. The maximum absolute atomic E-state index is 12.1. The molecule has 1 aliphatic carbocycles. The summed E-state index contributed by atoms with van der Waals surface area (Å²) in [6, 6.07) is 2.85. The maximum atomic E-state index is 12.1. The Labute approximate surface area is 114 Å². The van der Waals surface area contributed by atoms with Crippen molar-refractivity contribution in [2.24, 2.45) is 5.41 Å². The average Bonchev–Trinajstić information content (AvgIpc) is 3.06. The van der Waals surface area contributed by atoms with Crippen molar-refractivity contribution in [1.29, 1.82) is 0 Å². The first-order chi connectivity index (χ1) is 9.01. The SMILES string of the molecule is CCC1(CNS(=O)(=O)c2ccc(CO)o2)CCCC1. The smallest absolute Gasteiger partial charge is 0.273 e. The van der Waals surface area contributed by atoms with Gasteiger partial charge in [0, 0.05) is 6.54 Å². The highest BCUT2D eigenvalue weighted by atomic mass is 32.2. The van der Waals surface area contributed by atoms with Crippen LogP contribution >= 0.6 is 0 Å². The van der Waals surface area contributed by atoms with E-state index in [2.05, 4.69) is 11.6 Å². The molecule has 0 radical (unpaired) electrons. The van der Waals surface area contributed by atoms with Gasteiger partial charge >= 0.3 is 0 Å². The van der Waals surface area contributed by atoms with E-state index in [9.17, 15) is 8.42 Å². The number of hydrogen-bond acceptors (Lipinski definition) is 4. The van der Waals surface area contributed by atoms with Crippen LogP contribution in [-0.2, 0) is 16.6 Å². The van der Waals surface area contributed by atoms with E-state index < -0.39 is 10.0 Å². The third kappa shape index (κ3) is 3.19. The van der Waals surface area contributed by atoms with Gasteiger partial charge in [0.1, 0.15) is 12.4 Å². The van der Waals surface area contributed by atoms with Crippen LogP contribution in [0.1, 0.15) is 44.8 Å². The van der Waals surface area contributed by atoms with Gasteiger partial charge in [-0.2, -0.15) is 0 Å². The van der Waals surface area contributed by atoms with E-state index in [4.69, 9.17) is 9.52 Å². The summed E-state index contributed by atoms with van der Waals surface area (Å²) >= 11 is 0. The molecule has 2 rings (SSSR count). The highest BCUT2D eigenvalue weighted by Gasteiger charge is 2.33. The number of hydrogen-bond donors (Lipinski definition) is 2. The Hall–Kier alpha value is -0.850. The Bertz CT molecular complexity index is 515. The van der Waals surface area contributed by atoms with Gasteiger partial charge in [-0.25, -0.2) is 13.1 Å². The summed E-state index contributed by atoms with van der Waals surface area (Å²) in [6.45, 7) is 2.27. The van der Waals surface area contributed by atoms with Crippen molar-refractivity contribution in [3.8, 4) is 0 Å². The lowest BCUT2D eigenvalue weighted by atomic mass is 9.84.